The Kier molecular flexibility index (Phi) is 7.16. The number of ketones is 1. The third-order valence-electron chi connectivity index (χ3n) is 3.95. The van der Waals surface area contributed by atoms with E-state index in [1.54, 1.807) is 0 Å². The zero-order valence-corrected chi connectivity index (χ0v) is 14.0. The van der Waals surface area contributed by atoms with Gasteiger partial charge in [0.25, 0.3) is 0 Å². The van der Waals surface area contributed by atoms with Crippen LogP contribution in [0.3, 0.4) is 0 Å². The predicted octanol–water partition coefficient (Wildman–Crippen LogP) is 5.41. The van der Waals surface area contributed by atoms with Crippen molar-refractivity contribution in [2.75, 3.05) is 0 Å². The van der Waals surface area contributed by atoms with E-state index in [0.29, 0.717) is 17.5 Å². The Hall–Kier alpha value is -1.77. The summed E-state index contributed by atoms with van der Waals surface area (Å²) in [5, 5.41) is 20.5. The van der Waals surface area contributed by atoms with Crippen LogP contribution in [-0.4, -0.2) is 16.0 Å². The van der Waals surface area contributed by atoms with Gasteiger partial charge >= 0.3 is 0 Å². The third-order valence-corrected chi connectivity index (χ3v) is 3.95. The smallest absolute Gasteiger partial charge is 0.166 e. The van der Waals surface area contributed by atoms with Crippen molar-refractivity contribution < 1.29 is 15.0 Å². The molecule has 0 spiro atoms. The fourth-order valence-electron chi connectivity index (χ4n) is 2.74. The van der Waals surface area contributed by atoms with Crippen molar-refractivity contribution in [3.05, 3.63) is 29.3 Å². The van der Waals surface area contributed by atoms with Gasteiger partial charge in [0.15, 0.2) is 5.78 Å². The molecule has 0 amide bonds. The van der Waals surface area contributed by atoms with E-state index in [1.807, 2.05) is 13.8 Å². The van der Waals surface area contributed by atoms with Crippen molar-refractivity contribution in [2.24, 2.45) is 0 Å². The largest absolute Gasteiger partial charge is 0.508 e. The molecular formula is C19H28O3. The molecule has 0 radical (unpaired) electrons. The van der Waals surface area contributed by atoms with Crippen molar-refractivity contribution in [1.82, 2.24) is 0 Å². The van der Waals surface area contributed by atoms with Crippen LogP contribution in [-0.2, 0) is 0 Å². The molecule has 3 heteroatoms. The molecule has 0 heterocycles. The Balaban J connectivity index is 2.93. The van der Waals surface area contributed by atoms with Gasteiger partial charge in [-0.1, -0.05) is 59.1 Å². The second kappa shape index (κ2) is 8.62. The van der Waals surface area contributed by atoms with Crippen LogP contribution in [0.15, 0.2) is 12.6 Å². The molecular weight excluding hydrogens is 276 g/mol. The zero-order chi connectivity index (χ0) is 16.7. The van der Waals surface area contributed by atoms with Crippen LogP contribution < -0.4 is 0 Å². The van der Waals surface area contributed by atoms with Crippen LogP contribution in [0, 0.1) is 0 Å². The third kappa shape index (κ3) is 4.36. The number of carbonyl (C=O) groups excluding carboxylic acids is 1. The Morgan fingerprint density at radius 1 is 1.23 bits per heavy atom. The van der Waals surface area contributed by atoms with Crippen molar-refractivity contribution in [3.8, 4) is 11.5 Å². The molecule has 0 aliphatic carbocycles. The number of hydrogen-bond acceptors (Lipinski definition) is 3. The molecule has 0 atom stereocenters. The summed E-state index contributed by atoms with van der Waals surface area (Å²) in [5.41, 5.74) is 1.30. The molecule has 1 rings (SSSR count). The molecule has 22 heavy (non-hydrogen) atoms. The number of phenols is 2. The Morgan fingerprint density at radius 2 is 1.86 bits per heavy atom. The van der Waals surface area contributed by atoms with Gasteiger partial charge in [-0.2, -0.15) is 0 Å². The molecule has 0 saturated carbocycles. The molecule has 0 unspecified atom stereocenters. The van der Waals surface area contributed by atoms with E-state index >= 15 is 0 Å². The van der Waals surface area contributed by atoms with Crippen LogP contribution in [0.4, 0.5) is 0 Å². The van der Waals surface area contributed by atoms with Gasteiger partial charge in [-0.3, -0.25) is 4.79 Å². The number of unbranched alkanes of at least 4 members (excludes halogenated alkanes) is 4. The first-order valence-electron chi connectivity index (χ1n) is 8.18. The SMILES string of the molecule is C=Cc1c(O)c(C(=O)CCCCCCC)cc(O)c1C(C)C. The first kappa shape index (κ1) is 18.3. The minimum absolute atomic E-state index is 0.0390. The molecule has 0 bridgehead atoms. The van der Waals surface area contributed by atoms with Gasteiger partial charge in [0.05, 0.1) is 5.56 Å². The maximum Gasteiger partial charge on any atom is 0.166 e. The summed E-state index contributed by atoms with van der Waals surface area (Å²) in [6, 6.07) is 1.39. The molecule has 1 aromatic rings. The van der Waals surface area contributed by atoms with E-state index in [9.17, 15) is 15.0 Å². The number of rotatable bonds is 9. The van der Waals surface area contributed by atoms with Gasteiger partial charge in [0.2, 0.25) is 0 Å². The second-order valence-corrected chi connectivity index (χ2v) is 6.07. The summed E-state index contributed by atoms with van der Waals surface area (Å²) in [7, 11) is 0. The van der Waals surface area contributed by atoms with Gasteiger partial charge in [0, 0.05) is 17.5 Å². The zero-order valence-electron chi connectivity index (χ0n) is 14.0. The Bertz CT molecular complexity index is 530. The van der Waals surface area contributed by atoms with Crippen molar-refractivity contribution in [1.29, 1.82) is 0 Å². The highest BCUT2D eigenvalue weighted by molar-refractivity contribution is 6.00. The van der Waals surface area contributed by atoms with Gasteiger partial charge in [-0.05, 0) is 18.4 Å². The number of benzene rings is 1. The minimum Gasteiger partial charge on any atom is -0.508 e. The molecule has 122 valence electrons. The average Bonchev–Trinajstić information content (AvgIpc) is 2.47. The number of phenolic OH excluding ortho intramolecular Hbond substituents is 2. The van der Waals surface area contributed by atoms with Crippen LogP contribution in [0.25, 0.3) is 6.08 Å². The van der Waals surface area contributed by atoms with Crippen LogP contribution >= 0.6 is 0 Å². The second-order valence-electron chi connectivity index (χ2n) is 6.07. The predicted molar refractivity (Wildman–Crippen MR) is 91.7 cm³/mol. The summed E-state index contributed by atoms with van der Waals surface area (Å²) in [6.07, 6.45) is 7.22. The highest BCUT2D eigenvalue weighted by Crippen LogP contribution is 2.38. The Labute approximate surface area is 133 Å². The monoisotopic (exact) mass is 304 g/mol. The van der Waals surface area contributed by atoms with E-state index in [4.69, 9.17) is 0 Å². The standard InChI is InChI=1S/C19H28O3/c1-5-7-8-9-10-11-16(20)15-12-17(21)18(13(3)4)14(6-2)19(15)22/h6,12-13,21-22H,2,5,7-11H2,1,3-4H3. The minimum atomic E-state index is -0.122. The fourth-order valence-corrected chi connectivity index (χ4v) is 2.74. The molecule has 0 aliphatic rings. The first-order chi connectivity index (χ1) is 10.4. The summed E-state index contributed by atoms with van der Waals surface area (Å²) in [4.78, 5) is 12.3. The van der Waals surface area contributed by atoms with Crippen molar-refractivity contribution >= 4 is 11.9 Å². The van der Waals surface area contributed by atoms with E-state index in [1.165, 1.54) is 25.0 Å². The van der Waals surface area contributed by atoms with E-state index in [2.05, 4.69) is 13.5 Å². The quantitative estimate of drug-likeness (QED) is 0.364. The van der Waals surface area contributed by atoms with Crippen molar-refractivity contribution in [3.63, 3.8) is 0 Å². The maximum absolute atomic E-state index is 12.3. The lowest BCUT2D eigenvalue weighted by Crippen LogP contribution is -2.03. The van der Waals surface area contributed by atoms with Gasteiger partial charge in [-0.15, -0.1) is 0 Å². The highest BCUT2D eigenvalue weighted by atomic mass is 16.3. The molecule has 2 N–H and O–H groups in total. The summed E-state index contributed by atoms with van der Waals surface area (Å²) in [6.45, 7) is 9.70. The molecule has 3 nitrogen and oxygen atoms in total. The van der Waals surface area contributed by atoms with E-state index in [0.717, 1.165) is 19.3 Å². The fraction of sp³-hybridized carbons (Fsp3) is 0.526. The van der Waals surface area contributed by atoms with Crippen LogP contribution in [0.2, 0.25) is 0 Å². The normalized spacial score (nSPS) is 10.9. The maximum atomic E-state index is 12.3. The Morgan fingerprint density at radius 3 is 2.41 bits per heavy atom. The topological polar surface area (TPSA) is 57.5 Å². The molecule has 0 aliphatic heterocycles. The van der Waals surface area contributed by atoms with Gasteiger partial charge < -0.3 is 10.2 Å². The number of carbonyl (C=O) groups is 1. The van der Waals surface area contributed by atoms with Crippen LogP contribution in [0.5, 0.6) is 11.5 Å². The van der Waals surface area contributed by atoms with Gasteiger partial charge in [0.1, 0.15) is 11.5 Å². The summed E-state index contributed by atoms with van der Waals surface area (Å²) < 4.78 is 0. The van der Waals surface area contributed by atoms with E-state index < -0.39 is 0 Å². The molecule has 0 saturated heterocycles. The summed E-state index contributed by atoms with van der Waals surface area (Å²) >= 11 is 0. The lowest BCUT2D eigenvalue weighted by Gasteiger charge is -2.16. The highest BCUT2D eigenvalue weighted by Gasteiger charge is 2.21. The van der Waals surface area contributed by atoms with E-state index in [-0.39, 0.29) is 28.8 Å². The lowest BCUT2D eigenvalue weighted by atomic mass is 9.91. The number of aromatic hydroxyl groups is 2. The summed E-state index contributed by atoms with van der Waals surface area (Å²) in [5.74, 6) is -0.0908. The number of Topliss-reactive ketones (excluding diaryl/α,β-unsaturated/α-hetero) is 1. The molecule has 0 fully saturated rings. The van der Waals surface area contributed by atoms with Crippen molar-refractivity contribution in [2.45, 2.75) is 65.2 Å². The molecule has 1 aromatic carbocycles. The van der Waals surface area contributed by atoms with Gasteiger partial charge in [-0.25, -0.2) is 0 Å². The number of hydrogen-bond donors (Lipinski definition) is 2. The lowest BCUT2D eigenvalue weighted by molar-refractivity contribution is 0.0976. The van der Waals surface area contributed by atoms with Crippen LogP contribution in [0.1, 0.15) is 86.7 Å². The first-order valence-corrected chi connectivity index (χ1v) is 8.18. The molecule has 0 aromatic heterocycles. The average molecular weight is 304 g/mol.